The van der Waals surface area contributed by atoms with E-state index in [1.807, 2.05) is 6.07 Å². The number of rotatable bonds is 4. The molecule has 0 spiro atoms. The van der Waals surface area contributed by atoms with E-state index in [1.54, 1.807) is 48.8 Å². The minimum Gasteiger partial charge on any atom is -0.463 e. The maximum atomic E-state index is 14.4. The lowest BCUT2D eigenvalue weighted by Gasteiger charge is -2.13. The second kappa shape index (κ2) is 7.03. The van der Waals surface area contributed by atoms with Crippen molar-refractivity contribution in [1.82, 2.24) is 4.98 Å². The number of hydrogen-bond donors (Lipinski definition) is 1. The normalized spacial score (nSPS) is 12.3. The monoisotopic (exact) mass is 385 g/mol. The Bertz CT molecular complexity index is 1040. The zero-order valence-corrected chi connectivity index (χ0v) is 15.0. The van der Waals surface area contributed by atoms with Crippen LogP contribution >= 0.6 is 22.9 Å². The van der Waals surface area contributed by atoms with Crippen LogP contribution in [0.1, 0.15) is 17.2 Å². The van der Waals surface area contributed by atoms with Gasteiger partial charge < -0.3 is 9.52 Å². The van der Waals surface area contributed by atoms with Crippen molar-refractivity contribution in [2.75, 3.05) is 0 Å². The first kappa shape index (κ1) is 17.0. The summed E-state index contributed by atoms with van der Waals surface area (Å²) in [6.45, 7) is 0. The van der Waals surface area contributed by atoms with E-state index < -0.39 is 11.9 Å². The topological polar surface area (TPSA) is 46.3 Å². The number of halogens is 2. The molecule has 0 fully saturated rings. The summed E-state index contributed by atoms with van der Waals surface area (Å²) in [5.41, 5.74) is 2.05. The van der Waals surface area contributed by atoms with E-state index in [9.17, 15) is 9.50 Å². The van der Waals surface area contributed by atoms with Gasteiger partial charge in [-0.3, -0.25) is 4.98 Å². The van der Waals surface area contributed by atoms with E-state index >= 15 is 0 Å². The number of aliphatic hydroxyl groups excluding tert-OH is 1. The summed E-state index contributed by atoms with van der Waals surface area (Å²) in [4.78, 5) is 4.89. The lowest BCUT2D eigenvalue weighted by Crippen LogP contribution is -2.02. The smallest absolute Gasteiger partial charge is 0.143 e. The van der Waals surface area contributed by atoms with E-state index in [4.69, 9.17) is 16.0 Å². The molecule has 1 aromatic carbocycles. The molecule has 0 aliphatic rings. The maximum Gasteiger partial charge on any atom is 0.143 e. The first-order valence-corrected chi connectivity index (χ1v) is 9.04. The van der Waals surface area contributed by atoms with Gasteiger partial charge in [-0.15, -0.1) is 11.3 Å². The minimum atomic E-state index is -1.02. The van der Waals surface area contributed by atoms with Crippen LogP contribution in [0.4, 0.5) is 4.39 Å². The highest BCUT2D eigenvalue weighted by molar-refractivity contribution is 7.19. The number of nitrogens with zero attached hydrogens (tertiary/aromatic N) is 1. The average molecular weight is 386 g/mol. The number of benzene rings is 1. The fourth-order valence-corrected chi connectivity index (χ4v) is 3.91. The molecule has 1 unspecified atom stereocenters. The number of hydrogen-bond acceptors (Lipinski definition) is 4. The summed E-state index contributed by atoms with van der Waals surface area (Å²) in [5, 5.41) is 11.0. The molecule has 4 rings (SSSR count). The first-order valence-electron chi connectivity index (χ1n) is 7.85. The zero-order chi connectivity index (χ0) is 18.1. The van der Waals surface area contributed by atoms with Gasteiger partial charge in [-0.05, 0) is 30.3 Å². The molecule has 0 amide bonds. The van der Waals surface area contributed by atoms with E-state index in [-0.39, 0.29) is 0 Å². The Hall–Kier alpha value is -2.47. The van der Waals surface area contributed by atoms with Crippen molar-refractivity contribution >= 4 is 22.9 Å². The van der Waals surface area contributed by atoms with E-state index in [2.05, 4.69) is 4.98 Å². The Labute approximate surface area is 158 Å². The zero-order valence-electron chi connectivity index (χ0n) is 13.4. The van der Waals surface area contributed by atoms with Gasteiger partial charge >= 0.3 is 0 Å². The van der Waals surface area contributed by atoms with Crippen LogP contribution in [0.2, 0.25) is 4.34 Å². The van der Waals surface area contributed by atoms with Crippen LogP contribution in [0.15, 0.2) is 71.6 Å². The van der Waals surface area contributed by atoms with Crippen LogP contribution in [0.3, 0.4) is 0 Å². The maximum absolute atomic E-state index is 14.4. The van der Waals surface area contributed by atoms with E-state index in [0.717, 1.165) is 4.88 Å². The van der Waals surface area contributed by atoms with Crippen molar-refractivity contribution in [3.05, 3.63) is 88.5 Å². The van der Waals surface area contributed by atoms with Crippen molar-refractivity contribution in [2.24, 2.45) is 0 Å². The molecular formula is C20H13ClFNO2S. The second-order valence-corrected chi connectivity index (χ2v) is 7.38. The predicted molar refractivity (Wildman–Crippen MR) is 101 cm³/mol. The summed E-state index contributed by atoms with van der Waals surface area (Å²) >= 11 is 7.43. The Morgan fingerprint density at radius 1 is 1.08 bits per heavy atom. The molecule has 26 heavy (non-hydrogen) atoms. The molecule has 130 valence electrons. The Morgan fingerprint density at radius 2 is 1.92 bits per heavy atom. The van der Waals surface area contributed by atoms with Gasteiger partial charge in [-0.1, -0.05) is 29.8 Å². The van der Waals surface area contributed by atoms with Gasteiger partial charge in [0, 0.05) is 34.0 Å². The highest BCUT2D eigenvalue weighted by atomic mass is 35.5. The molecular weight excluding hydrogens is 373 g/mol. The van der Waals surface area contributed by atoms with Gasteiger partial charge in [0.15, 0.2) is 0 Å². The average Bonchev–Trinajstić information content (AvgIpc) is 3.28. The molecule has 0 radical (unpaired) electrons. The Morgan fingerprint density at radius 3 is 2.62 bits per heavy atom. The van der Waals surface area contributed by atoms with Crippen LogP contribution < -0.4 is 0 Å². The number of pyridine rings is 1. The van der Waals surface area contributed by atoms with Crippen LogP contribution in [0.25, 0.3) is 21.8 Å². The lowest BCUT2D eigenvalue weighted by molar-refractivity contribution is 0.220. The van der Waals surface area contributed by atoms with Crippen LogP contribution in [-0.2, 0) is 0 Å². The molecule has 3 heterocycles. The van der Waals surface area contributed by atoms with Crippen molar-refractivity contribution in [1.29, 1.82) is 0 Å². The molecule has 0 saturated carbocycles. The standard InChI is InChI=1S/C20H13ClFNO2S/c21-17-8-7-16(26-17)14-11-25-20(13-5-1-2-6-15(13)22)18(14)19(24)12-4-3-9-23-10-12/h1-11,19,24H. The molecule has 1 N–H and O–H groups in total. The molecule has 6 heteroatoms. The van der Waals surface area contributed by atoms with Crippen molar-refractivity contribution in [2.45, 2.75) is 6.10 Å². The summed E-state index contributed by atoms with van der Waals surface area (Å²) in [7, 11) is 0. The fraction of sp³-hybridized carbons (Fsp3) is 0.0500. The van der Waals surface area contributed by atoms with E-state index in [0.29, 0.717) is 32.4 Å². The number of aliphatic hydroxyl groups is 1. The summed E-state index contributed by atoms with van der Waals surface area (Å²) in [5.74, 6) is -0.128. The van der Waals surface area contributed by atoms with Gasteiger partial charge in [0.25, 0.3) is 0 Å². The fourth-order valence-electron chi connectivity index (χ4n) is 2.85. The highest BCUT2D eigenvalue weighted by Gasteiger charge is 2.26. The molecule has 3 aromatic heterocycles. The third kappa shape index (κ3) is 3.05. The van der Waals surface area contributed by atoms with Crippen LogP contribution in [-0.4, -0.2) is 10.1 Å². The van der Waals surface area contributed by atoms with Crippen molar-refractivity contribution in [3.8, 4) is 21.8 Å². The third-order valence-electron chi connectivity index (χ3n) is 4.06. The number of furan rings is 1. The summed E-state index contributed by atoms with van der Waals surface area (Å²) < 4.78 is 20.7. The minimum absolute atomic E-state index is 0.291. The van der Waals surface area contributed by atoms with Gasteiger partial charge in [-0.25, -0.2) is 4.39 Å². The molecule has 0 aliphatic carbocycles. The molecule has 0 bridgehead atoms. The van der Waals surface area contributed by atoms with Gasteiger partial charge in [0.1, 0.15) is 23.9 Å². The van der Waals surface area contributed by atoms with Crippen LogP contribution in [0.5, 0.6) is 0 Å². The molecule has 0 saturated heterocycles. The summed E-state index contributed by atoms with van der Waals surface area (Å²) in [6.07, 6.45) is 3.71. The largest absolute Gasteiger partial charge is 0.463 e. The lowest BCUT2D eigenvalue weighted by atomic mass is 9.95. The molecule has 3 nitrogen and oxygen atoms in total. The van der Waals surface area contributed by atoms with Crippen molar-refractivity contribution < 1.29 is 13.9 Å². The molecule has 0 aliphatic heterocycles. The Balaban J connectivity index is 1.93. The third-order valence-corrected chi connectivity index (χ3v) is 5.32. The van der Waals surface area contributed by atoms with E-state index in [1.165, 1.54) is 23.7 Å². The van der Waals surface area contributed by atoms with Gasteiger partial charge in [0.05, 0.1) is 9.90 Å². The predicted octanol–water partition coefficient (Wildman–Crippen LogP) is 5.94. The van der Waals surface area contributed by atoms with Gasteiger partial charge in [-0.2, -0.15) is 0 Å². The first-order chi connectivity index (χ1) is 12.6. The SMILES string of the molecule is OC(c1cccnc1)c1c(-c2ccc(Cl)s2)coc1-c1ccccc1F. The van der Waals surface area contributed by atoms with Crippen LogP contribution in [0, 0.1) is 5.82 Å². The number of thiophene rings is 1. The quantitative estimate of drug-likeness (QED) is 0.472. The highest BCUT2D eigenvalue weighted by Crippen LogP contribution is 2.43. The molecule has 1 atom stereocenters. The summed E-state index contributed by atoms with van der Waals surface area (Å²) in [6, 6.07) is 13.4. The Kier molecular flexibility index (Phi) is 4.59. The van der Waals surface area contributed by atoms with Gasteiger partial charge in [0.2, 0.25) is 0 Å². The second-order valence-electron chi connectivity index (χ2n) is 5.66. The number of aromatic nitrogens is 1. The van der Waals surface area contributed by atoms with Crippen molar-refractivity contribution in [3.63, 3.8) is 0 Å². The molecule has 4 aromatic rings.